The molecule has 4 aliphatic rings. The lowest BCUT2D eigenvalue weighted by atomic mass is 9.88. The fraction of sp³-hybridized carbons (Fsp3) is 1.00. The van der Waals surface area contributed by atoms with E-state index in [4.69, 9.17) is 9.47 Å². The van der Waals surface area contributed by atoms with Crippen LogP contribution in [0.5, 0.6) is 0 Å². The first-order chi connectivity index (χ1) is 9.33. The van der Waals surface area contributed by atoms with Gasteiger partial charge in [-0.25, -0.2) is 0 Å². The molecule has 0 aromatic carbocycles. The highest BCUT2D eigenvalue weighted by atomic mass is 16.6. The van der Waals surface area contributed by atoms with Gasteiger partial charge in [-0.2, -0.15) is 0 Å². The number of likely N-dealkylation sites (tertiary alicyclic amines) is 1. The van der Waals surface area contributed by atoms with Gasteiger partial charge in [0.1, 0.15) is 0 Å². The number of hydrogen-bond acceptors (Lipinski definition) is 4. The standard InChI is InChI=1S/C15H26N2O2/c1-2-13-10-17(6-3-12(1)16-13)14-4-7-19-15(9-14)5-8-18-11-15/h12-14,16H,1-11H2. The Morgan fingerprint density at radius 3 is 2.89 bits per heavy atom. The first kappa shape index (κ1) is 12.6. The third-order valence-electron chi connectivity index (χ3n) is 5.61. The molecule has 0 aromatic rings. The van der Waals surface area contributed by atoms with E-state index in [1.165, 1.54) is 45.2 Å². The molecule has 4 rings (SSSR count). The molecule has 4 unspecified atom stereocenters. The van der Waals surface area contributed by atoms with E-state index in [0.717, 1.165) is 44.4 Å². The highest BCUT2D eigenvalue weighted by Crippen LogP contribution is 2.35. The summed E-state index contributed by atoms with van der Waals surface area (Å²) in [6, 6.07) is 2.25. The molecule has 4 aliphatic heterocycles. The van der Waals surface area contributed by atoms with E-state index in [2.05, 4.69) is 10.2 Å². The van der Waals surface area contributed by atoms with Gasteiger partial charge in [0.2, 0.25) is 0 Å². The van der Waals surface area contributed by atoms with Crippen molar-refractivity contribution in [2.24, 2.45) is 0 Å². The first-order valence-electron chi connectivity index (χ1n) is 8.05. The number of fused-ring (bicyclic) bond motifs is 2. The molecular weight excluding hydrogens is 240 g/mol. The quantitative estimate of drug-likeness (QED) is 0.772. The van der Waals surface area contributed by atoms with Crippen molar-refractivity contribution in [3.63, 3.8) is 0 Å². The van der Waals surface area contributed by atoms with Crippen LogP contribution in [0, 0.1) is 0 Å². The Morgan fingerprint density at radius 2 is 2.00 bits per heavy atom. The zero-order valence-electron chi connectivity index (χ0n) is 11.8. The van der Waals surface area contributed by atoms with E-state index < -0.39 is 0 Å². The Bertz CT molecular complexity index is 330. The lowest BCUT2D eigenvalue weighted by Gasteiger charge is -2.42. The van der Waals surface area contributed by atoms with Crippen LogP contribution < -0.4 is 5.32 Å². The minimum Gasteiger partial charge on any atom is -0.378 e. The molecule has 19 heavy (non-hydrogen) atoms. The summed E-state index contributed by atoms with van der Waals surface area (Å²) in [7, 11) is 0. The van der Waals surface area contributed by atoms with Gasteiger partial charge in [-0.3, -0.25) is 4.90 Å². The van der Waals surface area contributed by atoms with E-state index in [1.807, 2.05) is 0 Å². The smallest absolute Gasteiger partial charge is 0.0951 e. The molecule has 1 N–H and O–H groups in total. The van der Waals surface area contributed by atoms with Crippen molar-refractivity contribution in [3.05, 3.63) is 0 Å². The van der Waals surface area contributed by atoms with Gasteiger partial charge < -0.3 is 14.8 Å². The summed E-state index contributed by atoms with van der Waals surface area (Å²) in [4.78, 5) is 2.75. The molecule has 1 spiro atoms. The molecule has 4 heterocycles. The average molecular weight is 266 g/mol. The minimum atomic E-state index is 0.0572. The summed E-state index contributed by atoms with van der Waals surface area (Å²) in [6.07, 6.45) is 7.59. The van der Waals surface area contributed by atoms with Crippen LogP contribution in [0.1, 0.15) is 38.5 Å². The van der Waals surface area contributed by atoms with Gasteiger partial charge >= 0.3 is 0 Å². The molecule has 4 fully saturated rings. The summed E-state index contributed by atoms with van der Waals surface area (Å²) >= 11 is 0. The third-order valence-corrected chi connectivity index (χ3v) is 5.61. The maximum Gasteiger partial charge on any atom is 0.0951 e. The Hall–Kier alpha value is -0.160. The molecule has 0 amide bonds. The van der Waals surface area contributed by atoms with Gasteiger partial charge in [-0.05, 0) is 38.6 Å². The van der Waals surface area contributed by atoms with E-state index in [1.54, 1.807) is 0 Å². The van der Waals surface area contributed by atoms with Gasteiger partial charge in [0.25, 0.3) is 0 Å². The second-order valence-corrected chi connectivity index (χ2v) is 6.90. The van der Waals surface area contributed by atoms with Gasteiger partial charge in [0, 0.05) is 44.3 Å². The Morgan fingerprint density at radius 1 is 1.05 bits per heavy atom. The maximum absolute atomic E-state index is 6.07. The molecular formula is C15H26N2O2. The minimum absolute atomic E-state index is 0.0572. The second-order valence-electron chi connectivity index (χ2n) is 6.90. The van der Waals surface area contributed by atoms with Gasteiger partial charge in [0.15, 0.2) is 0 Å². The number of rotatable bonds is 1. The fourth-order valence-corrected chi connectivity index (χ4v) is 4.48. The van der Waals surface area contributed by atoms with Crippen molar-refractivity contribution in [1.29, 1.82) is 0 Å². The first-order valence-corrected chi connectivity index (χ1v) is 8.05. The van der Waals surface area contributed by atoms with Crippen molar-refractivity contribution in [2.45, 2.75) is 62.3 Å². The average Bonchev–Trinajstić information content (AvgIpc) is 2.97. The van der Waals surface area contributed by atoms with E-state index in [-0.39, 0.29) is 5.60 Å². The van der Waals surface area contributed by atoms with Crippen LogP contribution >= 0.6 is 0 Å². The number of hydrogen-bond donors (Lipinski definition) is 1. The molecule has 108 valence electrons. The van der Waals surface area contributed by atoms with E-state index >= 15 is 0 Å². The molecule has 0 aromatic heterocycles. The van der Waals surface area contributed by atoms with E-state index in [0.29, 0.717) is 0 Å². The van der Waals surface area contributed by atoms with Crippen LogP contribution in [0.2, 0.25) is 0 Å². The number of nitrogens with zero attached hydrogens (tertiary/aromatic N) is 1. The highest BCUT2D eigenvalue weighted by molar-refractivity contribution is 4.97. The molecule has 0 aliphatic carbocycles. The molecule has 0 saturated carbocycles. The maximum atomic E-state index is 6.07. The Labute approximate surface area is 115 Å². The predicted octanol–water partition coefficient (Wildman–Crippen LogP) is 1.15. The highest BCUT2D eigenvalue weighted by Gasteiger charge is 2.43. The third kappa shape index (κ3) is 2.44. The van der Waals surface area contributed by atoms with E-state index in [9.17, 15) is 0 Å². The van der Waals surface area contributed by atoms with Gasteiger partial charge in [-0.15, -0.1) is 0 Å². The Kier molecular flexibility index (Phi) is 3.30. The monoisotopic (exact) mass is 266 g/mol. The van der Waals surface area contributed by atoms with Crippen molar-refractivity contribution < 1.29 is 9.47 Å². The van der Waals surface area contributed by atoms with Crippen LogP contribution in [-0.2, 0) is 9.47 Å². The summed E-state index contributed by atoms with van der Waals surface area (Å²) in [5, 5.41) is 3.79. The van der Waals surface area contributed by atoms with Gasteiger partial charge in [-0.1, -0.05) is 0 Å². The summed E-state index contributed by atoms with van der Waals surface area (Å²) < 4.78 is 11.7. The zero-order valence-corrected chi connectivity index (χ0v) is 11.8. The Balaban J connectivity index is 1.43. The van der Waals surface area contributed by atoms with Crippen LogP contribution in [0.4, 0.5) is 0 Å². The van der Waals surface area contributed by atoms with Crippen molar-refractivity contribution >= 4 is 0 Å². The normalized spacial score (nSPS) is 47.7. The fourth-order valence-electron chi connectivity index (χ4n) is 4.48. The topological polar surface area (TPSA) is 33.7 Å². The molecule has 4 saturated heterocycles. The van der Waals surface area contributed by atoms with Crippen LogP contribution in [0.15, 0.2) is 0 Å². The summed E-state index contributed by atoms with van der Waals surface area (Å²) in [5.74, 6) is 0. The van der Waals surface area contributed by atoms with Crippen LogP contribution in [-0.4, -0.2) is 61.5 Å². The lowest BCUT2D eigenvalue weighted by molar-refractivity contribution is -0.106. The molecule has 0 radical (unpaired) electrons. The molecule has 4 heteroatoms. The van der Waals surface area contributed by atoms with Crippen molar-refractivity contribution in [3.8, 4) is 0 Å². The van der Waals surface area contributed by atoms with Crippen LogP contribution in [0.25, 0.3) is 0 Å². The van der Waals surface area contributed by atoms with Crippen molar-refractivity contribution in [2.75, 3.05) is 32.9 Å². The largest absolute Gasteiger partial charge is 0.378 e. The predicted molar refractivity (Wildman–Crippen MR) is 73.3 cm³/mol. The summed E-state index contributed by atoms with van der Waals surface area (Å²) in [5.41, 5.74) is 0.0572. The molecule has 4 nitrogen and oxygen atoms in total. The molecule has 4 atom stereocenters. The van der Waals surface area contributed by atoms with Gasteiger partial charge in [0.05, 0.1) is 12.2 Å². The van der Waals surface area contributed by atoms with Crippen molar-refractivity contribution in [1.82, 2.24) is 10.2 Å². The lowest BCUT2D eigenvalue weighted by Crippen LogP contribution is -2.51. The second kappa shape index (κ2) is 4.99. The van der Waals surface area contributed by atoms with Crippen LogP contribution in [0.3, 0.4) is 0 Å². The number of nitrogens with one attached hydrogen (secondary N) is 1. The SMILES string of the molecule is C1CC2(CO1)CC(N1CCC3CCC(C1)N3)CCO2. The molecule has 2 bridgehead atoms. The number of ether oxygens (including phenoxy) is 2. The summed E-state index contributed by atoms with van der Waals surface area (Å²) in [6.45, 7) is 5.15. The zero-order chi connectivity index (χ0) is 12.7.